The normalized spacial score (nSPS) is 13.5. The largest absolute Gasteiger partial charge is 0.358 e. The maximum Gasteiger partial charge on any atom is 0.138 e. The Bertz CT molecular complexity index is 1710. The molecule has 0 atom stereocenters. The first-order valence-corrected chi connectivity index (χ1v) is 12.4. The highest BCUT2D eigenvalue weighted by Gasteiger charge is 2.24. The molecule has 0 aliphatic heterocycles. The molecule has 0 radical (unpaired) electrons. The summed E-state index contributed by atoms with van der Waals surface area (Å²) in [5, 5.41) is 15.3. The van der Waals surface area contributed by atoms with Crippen LogP contribution >= 0.6 is 11.3 Å². The van der Waals surface area contributed by atoms with E-state index in [1.807, 2.05) is 24.8 Å². The van der Waals surface area contributed by atoms with Crippen molar-refractivity contribution < 1.29 is 0 Å². The maximum atomic E-state index is 4.66. The fraction of sp³-hybridized carbons (Fsp3) is 0.111. The second-order valence-electron chi connectivity index (χ2n) is 8.86. The Morgan fingerprint density at radius 2 is 2.00 bits per heavy atom. The minimum Gasteiger partial charge on any atom is -0.358 e. The number of fused-ring (bicyclic) bond motifs is 2. The number of anilines is 1. The van der Waals surface area contributed by atoms with E-state index in [4.69, 9.17) is 0 Å². The van der Waals surface area contributed by atoms with Crippen molar-refractivity contribution in [1.82, 2.24) is 30.1 Å². The molecular weight excluding hydrogens is 454 g/mol. The third kappa shape index (κ3) is 3.59. The van der Waals surface area contributed by atoms with Gasteiger partial charge in [-0.05, 0) is 54.5 Å². The van der Waals surface area contributed by atoms with Crippen LogP contribution in [0.5, 0.6) is 0 Å². The van der Waals surface area contributed by atoms with Crippen LogP contribution in [0.15, 0.2) is 78.8 Å². The highest BCUT2D eigenvalue weighted by Crippen LogP contribution is 2.37. The summed E-state index contributed by atoms with van der Waals surface area (Å²) >= 11 is 1.72. The van der Waals surface area contributed by atoms with Crippen molar-refractivity contribution >= 4 is 39.0 Å². The zero-order valence-electron chi connectivity index (χ0n) is 18.7. The Hall–Kier alpha value is -4.30. The Balaban J connectivity index is 1.29. The van der Waals surface area contributed by atoms with Crippen LogP contribution in [0.3, 0.4) is 0 Å². The zero-order chi connectivity index (χ0) is 23.4. The number of H-pyrrole nitrogens is 2. The number of aromatic amines is 2. The molecule has 6 aromatic heterocycles. The van der Waals surface area contributed by atoms with Gasteiger partial charge in [-0.15, -0.1) is 11.3 Å². The third-order valence-electron chi connectivity index (χ3n) is 6.43. The van der Waals surface area contributed by atoms with Gasteiger partial charge in [-0.2, -0.15) is 5.10 Å². The van der Waals surface area contributed by atoms with Crippen LogP contribution < -0.4 is 5.32 Å². The van der Waals surface area contributed by atoms with Crippen molar-refractivity contribution in [3.63, 3.8) is 0 Å². The molecule has 0 unspecified atom stereocenters. The summed E-state index contributed by atoms with van der Waals surface area (Å²) in [6.45, 7) is 4.16. The molecule has 1 saturated carbocycles. The van der Waals surface area contributed by atoms with Crippen molar-refractivity contribution in [2.45, 2.75) is 12.8 Å². The van der Waals surface area contributed by atoms with E-state index in [-0.39, 0.29) is 0 Å². The Kier molecular flexibility index (Phi) is 4.53. The minimum atomic E-state index is 0.577. The summed E-state index contributed by atoms with van der Waals surface area (Å²) in [6, 6.07) is 12.5. The maximum absolute atomic E-state index is 4.66. The first kappa shape index (κ1) is 20.1. The number of pyridine rings is 3. The van der Waals surface area contributed by atoms with Crippen molar-refractivity contribution in [2.75, 3.05) is 5.32 Å². The number of nitrogens with one attached hydrogen (secondary N) is 3. The molecule has 7 rings (SSSR count). The quantitative estimate of drug-likeness (QED) is 0.251. The molecule has 1 aliphatic rings. The molecule has 0 bridgehead atoms. The zero-order valence-corrected chi connectivity index (χ0v) is 19.6. The molecule has 8 heteroatoms. The van der Waals surface area contributed by atoms with Crippen LogP contribution in [-0.2, 0) is 0 Å². The summed E-state index contributed by atoms with van der Waals surface area (Å²) in [5.74, 6) is 0.577. The number of thiophene rings is 1. The molecule has 0 saturated heterocycles. The van der Waals surface area contributed by atoms with Gasteiger partial charge in [-0.25, -0.2) is 4.98 Å². The summed E-state index contributed by atoms with van der Waals surface area (Å²) in [6.07, 6.45) is 9.73. The van der Waals surface area contributed by atoms with Gasteiger partial charge >= 0.3 is 0 Å². The lowest BCUT2D eigenvalue weighted by Crippen LogP contribution is -2.00. The van der Waals surface area contributed by atoms with E-state index in [0.29, 0.717) is 5.92 Å². The SMILES string of the molecule is C=C(Nc1cncc(-c2cc3c(-c4cc5c(-c6cccs6)ccnc5[nH]4)n[nH]c3cn2)c1)C1CC1. The highest BCUT2D eigenvalue weighted by atomic mass is 32.1. The van der Waals surface area contributed by atoms with Crippen LogP contribution in [0, 0.1) is 5.92 Å². The molecule has 0 aromatic carbocycles. The fourth-order valence-corrected chi connectivity index (χ4v) is 5.21. The Morgan fingerprint density at radius 3 is 2.86 bits per heavy atom. The molecule has 3 N–H and O–H groups in total. The van der Waals surface area contributed by atoms with Crippen molar-refractivity contribution in [1.29, 1.82) is 0 Å². The summed E-state index contributed by atoms with van der Waals surface area (Å²) in [4.78, 5) is 18.3. The van der Waals surface area contributed by atoms with Gasteiger partial charge in [0.15, 0.2) is 0 Å². The van der Waals surface area contributed by atoms with Crippen molar-refractivity contribution in [2.24, 2.45) is 5.92 Å². The standard InChI is InChI=1S/C27H21N7S/c1-15(16-4-5-16)31-18-9-17(12-28-13-18)22-11-21-24(14-30-22)33-34-26(21)23-10-20-19(25-3-2-8-35-25)6-7-29-27(20)32-23/h2-3,6-14,16,31H,1,4-5H2,(H,29,32)(H,33,34). The van der Waals surface area contributed by atoms with E-state index < -0.39 is 0 Å². The molecule has 35 heavy (non-hydrogen) atoms. The predicted molar refractivity (Wildman–Crippen MR) is 141 cm³/mol. The van der Waals surface area contributed by atoms with E-state index in [0.717, 1.165) is 61.5 Å². The lowest BCUT2D eigenvalue weighted by molar-refractivity contribution is 1.02. The third-order valence-corrected chi connectivity index (χ3v) is 7.33. The summed E-state index contributed by atoms with van der Waals surface area (Å²) < 4.78 is 0. The molecule has 170 valence electrons. The van der Waals surface area contributed by atoms with E-state index in [1.54, 1.807) is 11.3 Å². The summed E-state index contributed by atoms with van der Waals surface area (Å²) in [5.41, 5.74) is 8.38. The number of hydrogen-bond acceptors (Lipinski definition) is 6. The molecule has 1 fully saturated rings. The highest BCUT2D eigenvalue weighted by molar-refractivity contribution is 7.13. The predicted octanol–water partition coefficient (Wildman–Crippen LogP) is 6.63. The van der Waals surface area contributed by atoms with E-state index >= 15 is 0 Å². The Labute approximate surface area is 205 Å². The summed E-state index contributed by atoms with van der Waals surface area (Å²) in [7, 11) is 0. The lowest BCUT2D eigenvalue weighted by atomic mass is 10.1. The number of allylic oxidation sites excluding steroid dienone is 1. The minimum absolute atomic E-state index is 0.577. The van der Waals surface area contributed by atoms with Gasteiger partial charge < -0.3 is 10.3 Å². The molecule has 7 nitrogen and oxygen atoms in total. The van der Waals surface area contributed by atoms with Crippen LogP contribution in [0.25, 0.3) is 55.0 Å². The molecular formula is C27H21N7S. The second kappa shape index (κ2) is 7.89. The van der Waals surface area contributed by atoms with Crippen LogP contribution in [0.2, 0.25) is 0 Å². The second-order valence-corrected chi connectivity index (χ2v) is 9.80. The molecule has 6 heterocycles. The van der Waals surface area contributed by atoms with Gasteiger partial charge in [0.2, 0.25) is 0 Å². The van der Waals surface area contributed by atoms with Gasteiger partial charge in [0.05, 0.1) is 35.0 Å². The number of hydrogen-bond donors (Lipinski definition) is 3. The topological polar surface area (TPSA) is 95.2 Å². The average molecular weight is 476 g/mol. The molecule has 6 aromatic rings. The molecule has 1 aliphatic carbocycles. The average Bonchev–Trinajstić information content (AvgIpc) is 3.26. The smallest absolute Gasteiger partial charge is 0.138 e. The van der Waals surface area contributed by atoms with Gasteiger partial charge in [0.25, 0.3) is 0 Å². The van der Waals surface area contributed by atoms with E-state index in [9.17, 15) is 0 Å². The first-order chi connectivity index (χ1) is 17.2. The molecule has 0 spiro atoms. The van der Waals surface area contributed by atoms with Gasteiger partial charge in [-0.3, -0.25) is 15.1 Å². The van der Waals surface area contributed by atoms with Crippen molar-refractivity contribution in [3.05, 3.63) is 78.8 Å². The lowest BCUT2D eigenvalue weighted by Gasteiger charge is -2.09. The van der Waals surface area contributed by atoms with Crippen LogP contribution in [0.1, 0.15) is 12.8 Å². The van der Waals surface area contributed by atoms with Gasteiger partial charge in [0.1, 0.15) is 11.3 Å². The Morgan fingerprint density at radius 1 is 1.06 bits per heavy atom. The monoisotopic (exact) mass is 475 g/mol. The van der Waals surface area contributed by atoms with Crippen LogP contribution in [0.4, 0.5) is 5.69 Å². The van der Waals surface area contributed by atoms with E-state index in [2.05, 4.69) is 83.8 Å². The van der Waals surface area contributed by atoms with Gasteiger partial charge in [0, 0.05) is 44.9 Å². The van der Waals surface area contributed by atoms with E-state index in [1.165, 1.54) is 17.7 Å². The number of rotatable bonds is 6. The van der Waals surface area contributed by atoms with Gasteiger partial charge in [-0.1, -0.05) is 12.6 Å². The van der Waals surface area contributed by atoms with Crippen LogP contribution in [-0.4, -0.2) is 30.1 Å². The first-order valence-electron chi connectivity index (χ1n) is 11.5. The van der Waals surface area contributed by atoms with Crippen molar-refractivity contribution in [3.8, 4) is 33.1 Å². The number of aromatic nitrogens is 6. The molecule has 0 amide bonds. The number of nitrogens with zero attached hydrogens (tertiary/aromatic N) is 4. The fourth-order valence-electron chi connectivity index (χ4n) is 4.45.